The fraction of sp³-hybridized carbons (Fsp3) is 0.130. The third kappa shape index (κ3) is 3.47. The van der Waals surface area contributed by atoms with Crippen molar-refractivity contribution in [2.75, 3.05) is 6.61 Å². The third-order valence-electron chi connectivity index (χ3n) is 4.98. The summed E-state index contributed by atoms with van der Waals surface area (Å²) >= 11 is 0. The van der Waals surface area contributed by atoms with Crippen LogP contribution in [0.4, 0.5) is 4.79 Å². The van der Waals surface area contributed by atoms with Gasteiger partial charge in [-0.25, -0.2) is 9.59 Å². The van der Waals surface area contributed by atoms with E-state index in [2.05, 4.69) is 29.6 Å². The van der Waals surface area contributed by atoms with Crippen LogP contribution in [0.25, 0.3) is 11.1 Å². The van der Waals surface area contributed by atoms with Gasteiger partial charge in [0.15, 0.2) is 0 Å². The number of carbonyl (C=O) groups is 2. The fourth-order valence-electron chi connectivity index (χ4n) is 3.59. The number of aromatic carboxylic acids is 1. The van der Waals surface area contributed by atoms with E-state index in [1.807, 2.05) is 24.3 Å². The highest BCUT2D eigenvalue weighted by Crippen LogP contribution is 2.44. The molecule has 4 rings (SSSR count). The average Bonchev–Trinajstić information content (AvgIpc) is 3.05. The Balaban J connectivity index is 1.38. The summed E-state index contributed by atoms with van der Waals surface area (Å²) < 4.78 is 5.48. The molecule has 5 heteroatoms. The van der Waals surface area contributed by atoms with Gasteiger partial charge in [0.05, 0.1) is 5.56 Å². The Bertz CT molecular complexity index is 981. The Kier molecular flexibility index (Phi) is 4.81. The van der Waals surface area contributed by atoms with E-state index in [0.717, 1.165) is 5.56 Å². The molecule has 0 aromatic heterocycles. The van der Waals surface area contributed by atoms with Gasteiger partial charge in [-0.1, -0.05) is 60.7 Å². The number of carboxylic acids is 1. The van der Waals surface area contributed by atoms with Crippen molar-refractivity contribution in [3.63, 3.8) is 0 Å². The second kappa shape index (κ2) is 7.56. The van der Waals surface area contributed by atoms with E-state index in [0.29, 0.717) is 0 Å². The quantitative estimate of drug-likeness (QED) is 0.694. The van der Waals surface area contributed by atoms with Crippen LogP contribution in [0, 0.1) is 0 Å². The van der Waals surface area contributed by atoms with E-state index in [-0.39, 0.29) is 24.6 Å². The predicted octanol–water partition coefficient (Wildman–Crippen LogP) is 4.42. The van der Waals surface area contributed by atoms with Gasteiger partial charge in [0.2, 0.25) is 0 Å². The minimum atomic E-state index is -0.976. The lowest BCUT2D eigenvalue weighted by Gasteiger charge is -2.14. The summed E-state index contributed by atoms with van der Waals surface area (Å²) in [6, 6.07) is 22.7. The number of alkyl carbamates (subject to hydrolysis) is 1. The molecule has 5 nitrogen and oxygen atoms in total. The average molecular weight is 373 g/mol. The van der Waals surface area contributed by atoms with E-state index in [9.17, 15) is 9.59 Å². The number of rotatable bonds is 5. The highest BCUT2D eigenvalue weighted by Gasteiger charge is 2.28. The monoisotopic (exact) mass is 373 g/mol. The Morgan fingerprint density at radius 2 is 1.43 bits per heavy atom. The fourth-order valence-corrected chi connectivity index (χ4v) is 3.59. The van der Waals surface area contributed by atoms with Crippen molar-refractivity contribution in [1.29, 1.82) is 0 Å². The first-order valence-electron chi connectivity index (χ1n) is 9.04. The van der Waals surface area contributed by atoms with Crippen LogP contribution < -0.4 is 5.32 Å². The minimum absolute atomic E-state index is 0.0213. The summed E-state index contributed by atoms with van der Waals surface area (Å²) in [6.07, 6.45) is -0.496. The Hall–Kier alpha value is -3.60. The van der Waals surface area contributed by atoms with Gasteiger partial charge in [-0.05, 0) is 39.9 Å². The van der Waals surface area contributed by atoms with Crippen LogP contribution >= 0.6 is 0 Å². The normalized spacial score (nSPS) is 12.1. The zero-order valence-electron chi connectivity index (χ0n) is 15.1. The summed E-state index contributed by atoms with van der Waals surface area (Å²) in [5.74, 6) is -0.955. The number of benzene rings is 3. The summed E-state index contributed by atoms with van der Waals surface area (Å²) in [6.45, 7) is 0.536. The Morgan fingerprint density at radius 3 is 2.00 bits per heavy atom. The molecule has 0 fully saturated rings. The molecule has 1 aliphatic rings. The van der Waals surface area contributed by atoms with E-state index in [4.69, 9.17) is 9.84 Å². The SMILES string of the molecule is O=C(NCc1ccc(C(=O)O)cc1)OCC1c2ccccc2-c2ccccc21. The zero-order chi connectivity index (χ0) is 19.5. The van der Waals surface area contributed by atoms with Crippen molar-refractivity contribution in [2.24, 2.45) is 0 Å². The van der Waals surface area contributed by atoms with Gasteiger partial charge in [0.1, 0.15) is 6.61 Å². The molecule has 0 saturated heterocycles. The first-order valence-corrected chi connectivity index (χ1v) is 9.04. The van der Waals surface area contributed by atoms with E-state index < -0.39 is 12.1 Å². The maximum Gasteiger partial charge on any atom is 0.407 e. The molecule has 140 valence electrons. The topological polar surface area (TPSA) is 75.6 Å². The van der Waals surface area contributed by atoms with Crippen LogP contribution in [0.2, 0.25) is 0 Å². The minimum Gasteiger partial charge on any atom is -0.478 e. The molecule has 0 atom stereocenters. The first-order chi connectivity index (χ1) is 13.6. The molecule has 0 radical (unpaired) electrons. The zero-order valence-corrected chi connectivity index (χ0v) is 15.1. The molecule has 0 heterocycles. The van der Waals surface area contributed by atoms with Crippen LogP contribution in [0.3, 0.4) is 0 Å². The highest BCUT2D eigenvalue weighted by atomic mass is 16.5. The van der Waals surface area contributed by atoms with Gasteiger partial charge in [0.25, 0.3) is 0 Å². The maximum absolute atomic E-state index is 12.1. The molecule has 0 bridgehead atoms. The summed E-state index contributed by atoms with van der Waals surface area (Å²) in [5, 5.41) is 11.6. The lowest BCUT2D eigenvalue weighted by atomic mass is 9.98. The second-order valence-corrected chi connectivity index (χ2v) is 6.68. The highest BCUT2D eigenvalue weighted by molar-refractivity contribution is 5.87. The van der Waals surface area contributed by atoms with Gasteiger partial charge in [-0.2, -0.15) is 0 Å². The largest absolute Gasteiger partial charge is 0.478 e. The number of ether oxygens (including phenoxy) is 1. The molecule has 0 unspecified atom stereocenters. The number of hydrogen-bond donors (Lipinski definition) is 2. The number of carboxylic acid groups (broad SMARTS) is 1. The molecular formula is C23H19NO4. The van der Waals surface area contributed by atoms with Crippen LogP contribution in [-0.2, 0) is 11.3 Å². The van der Waals surface area contributed by atoms with Gasteiger partial charge in [-0.3, -0.25) is 0 Å². The van der Waals surface area contributed by atoms with Gasteiger partial charge in [0, 0.05) is 12.5 Å². The van der Waals surface area contributed by atoms with Crippen molar-refractivity contribution in [2.45, 2.75) is 12.5 Å². The smallest absolute Gasteiger partial charge is 0.407 e. The van der Waals surface area contributed by atoms with Crippen LogP contribution in [0.5, 0.6) is 0 Å². The molecule has 0 spiro atoms. The number of nitrogens with one attached hydrogen (secondary N) is 1. The van der Waals surface area contributed by atoms with Crippen molar-refractivity contribution >= 4 is 12.1 Å². The van der Waals surface area contributed by atoms with Gasteiger partial charge < -0.3 is 15.2 Å². The summed E-state index contributed by atoms with van der Waals surface area (Å²) in [5.41, 5.74) is 5.72. The number of fused-ring (bicyclic) bond motifs is 3. The maximum atomic E-state index is 12.1. The molecule has 28 heavy (non-hydrogen) atoms. The summed E-state index contributed by atoms with van der Waals surface area (Å²) in [4.78, 5) is 23.0. The Morgan fingerprint density at radius 1 is 0.857 bits per heavy atom. The summed E-state index contributed by atoms with van der Waals surface area (Å²) in [7, 11) is 0. The molecule has 1 amide bonds. The standard InChI is InChI=1S/C23H19NO4/c25-22(26)16-11-9-15(10-12-16)13-24-23(27)28-14-21-19-7-3-1-5-17(19)18-6-2-4-8-20(18)21/h1-12,21H,13-14H2,(H,24,27)(H,25,26). The number of hydrogen-bond acceptors (Lipinski definition) is 3. The van der Waals surface area contributed by atoms with Gasteiger partial charge >= 0.3 is 12.1 Å². The molecule has 0 saturated carbocycles. The van der Waals surface area contributed by atoms with Crippen LogP contribution in [-0.4, -0.2) is 23.8 Å². The van der Waals surface area contributed by atoms with E-state index in [1.165, 1.54) is 34.4 Å². The molecular weight excluding hydrogens is 354 g/mol. The van der Waals surface area contributed by atoms with Crippen LogP contribution in [0.15, 0.2) is 72.8 Å². The number of amides is 1. The Labute approximate surface area is 162 Å². The molecule has 2 N–H and O–H groups in total. The van der Waals surface area contributed by atoms with Crippen LogP contribution in [0.1, 0.15) is 33.0 Å². The third-order valence-corrected chi connectivity index (χ3v) is 4.98. The van der Waals surface area contributed by atoms with Crippen molar-refractivity contribution in [3.8, 4) is 11.1 Å². The first kappa shape index (κ1) is 17.8. The molecule has 3 aromatic carbocycles. The van der Waals surface area contributed by atoms with Crippen molar-refractivity contribution in [3.05, 3.63) is 95.1 Å². The van der Waals surface area contributed by atoms with Gasteiger partial charge in [-0.15, -0.1) is 0 Å². The van der Waals surface area contributed by atoms with Crippen molar-refractivity contribution in [1.82, 2.24) is 5.32 Å². The molecule has 3 aromatic rings. The van der Waals surface area contributed by atoms with E-state index >= 15 is 0 Å². The van der Waals surface area contributed by atoms with Crippen molar-refractivity contribution < 1.29 is 19.4 Å². The lowest BCUT2D eigenvalue weighted by molar-refractivity contribution is 0.0696. The second-order valence-electron chi connectivity index (χ2n) is 6.68. The number of carbonyl (C=O) groups excluding carboxylic acids is 1. The lowest BCUT2D eigenvalue weighted by Crippen LogP contribution is -2.25. The molecule has 1 aliphatic carbocycles. The van der Waals surface area contributed by atoms with E-state index in [1.54, 1.807) is 12.1 Å². The molecule has 0 aliphatic heterocycles. The predicted molar refractivity (Wildman–Crippen MR) is 105 cm³/mol.